The van der Waals surface area contributed by atoms with Gasteiger partial charge in [-0.05, 0) is 13.0 Å². The van der Waals surface area contributed by atoms with Crippen molar-refractivity contribution in [3.63, 3.8) is 0 Å². The number of methoxy groups -OCH3 is 3. The fourth-order valence-corrected chi connectivity index (χ4v) is 2.37. The number of hydrogen-bond acceptors (Lipinski definition) is 7. The zero-order valence-corrected chi connectivity index (χ0v) is 14.7. The van der Waals surface area contributed by atoms with Crippen molar-refractivity contribution < 1.29 is 24.4 Å². The van der Waals surface area contributed by atoms with Crippen LogP contribution in [0.2, 0.25) is 0 Å². The second kappa shape index (κ2) is 8.34. The van der Waals surface area contributed by atoms with Gasteiger partial charge in [0.1, 0.15) is 11.5 Å². The Morgan fingerprint density at radius 1 is 1.04 bits per heavy atom. The first-order valence-corrected chi connectivity index (χ1v) is 7.62. The lowest BCUT2D eigenvalue weighted by atomic mass is 10.1. The smallest absolute Gasteiger partial charge is 0.164 e. The first kappa shape index (κ1) is 18.5. The summed E-state index contributed by atoms with van der Waals surface area (Å²) < 4.78 is 15.9. The summed E-state index contributed by atoms with van der Waals surface area (Å²) in [6.45, 7) is 1.75. The number of aliphatic hydroxyl groups excluding tert-OH is 1. The van der Waals surface area contributed by atoms with E-state index in [0.717, 1.165) is 5.56 Å². The number of aliphatic hydroxyl groups is 1. The molecule has 0 radical (unpaired) electrons. The Balaban J connectivity index is 2.33. The van der Waals surface area contributed by atoms with E-state index in [-0.39, 0.29) is 12.4 Å². The number of pyridine rings is 1. The molecule has 0 fully saturated rings. The molecular weight excluding hydrogens is 324 g/mol. The monoisotopic (exact) mass is 346 g/mol. The zero-order valence-electron chi connectivity index (χ0n) is 14.7. The molecule has 0 saturated carbocycles. The average molecular weight is 346 g/mol. The van der Waals surface area contributed by atoms with Crippen molar-refractivity contribution in [2.24, 2.45) is 4.99 Å². The third kappa shape index (κ3) is 4.00. The van der Waals surface area contributed by atoms with E-state index in [2.05, 4.69) is 9.98 Å². The molecule has 0 unspecified atom stereocenters. The summed E-state index contributed by atoms with van der Waals surface area (Å²) in [5.74, 6) is 1.77. The Kier molecular flexibility index (Phi) is 6.19. The van der Waals surface area contributed by atoms with E-state index in [1.165, 1.54) is 12.4 Å². The number of benzene rings is 1. The van der Waals surface area contributed by atoms with Gasteiger partial charge in [-0.1, -0.05) is 0 Å². The van der Waals surface area contributed by atoms with Crippen molar-refractivity contribution in [1.82, 2.24) is 4.98 Å². The summed E-state index contributed by atoms with van der Waals surface area (Å²) in [6, 6.07) is 3.52. The van der Waals surface area contributed by atoms with Gasteiger partial charge in [0.15, 0.2) is 11.5 Å². The van der Waals surface area contributed by atoms with E-state index >= 15 is 0 Å². The van der Waals surface area contributed by atoms with Crippen LogP contribution in [-0.2, 0) is 13.2 Å². The van der Waals surface area contributed by atoms with Gasteiger partial charge in [0.2, 0.25) is 0 Å². The topological polar surface area (TPSA) is 93.4 Å². The minimum atomic E-state index is -0.234. The van der Waals surface area contributed by atoms with Crippen LogP contribution >= 0.6 is 0 Å². The largest absolute Gasteiger partial charge is 0.505 e. The minimum Gasteiger partial charge on any atom is -0.505 e. The Labute approximate surface area is 146 Å². The van der Waals surface area contributed by atoms with Crippen LogP contribution in [0.3, 0.4) is 0 Å². The van der Waals surface area contributed by atoms with Gasteiger partial charge in [0.05, 0.1) is 40.2 Å². The average Bonchev–Trinajstić information content (AvgIpc) is 2.64. The highest BCUT2D eigenvalue weighted by Crippen LogP contribution is 2.35. The van der Waals surface area contributed by atoms with Gasteiger partial charge in [0.25, 0.3) is 0 Å². The molecule has 25 heavy (non-hydrogen) atoms. The van der Waals surface area contributed by atoms with Gasteiger partial charge in [-0.3, -0.25) is 9.98 Å². The molecule has 0 bridgehead atoms. The van der Waals surface area contributed by atoms with E-state index in [1.807, 2.05) is 0 Å². The highest BCUT2D eigenvalue weighted by atomic mass is 16.5. The summed E-state index contributed by atoms with van der Waals surface area (Å²) in [4.78, 5) is 8.39. The molecule has 7 heteroatoms. The van der Waals surface area contributed by atoms with Gasteiger partial charge in [-0.25, -0.2) is 0 Å². The van der Waals surface area contributed by atoms with Crippen molar-refractivity contribution >= 4 is 6.21 Å². The van der Waals surface area contributed by atoms with Crippen LogP contribution in [0.15, 0.2) is 23.3 Å². The highest BCUT2D eigenvalue weighted by Gasteiger charge is 2.12. The third-order valence-corrected chi connectivity index (χ3v) is 3.80. The van der Waals surface area contributed by atoms with Crippen LogP contribution in [0.1, 0.15) is 22.4 Å². The Bertz CT molecular complexity index is 775. The number of aliphatic imine (C=N–C) groups is 1. The Hall–Kier alpha value is -2.80. The van der Waals surface area contributed by atoms with Crippen molar-refractivity contribution in [2.45, 2.75) is 20.1 Å². The lowest BCUT2D eigenvalue weighted by molar-refractivity contribution is 0.280. The van der Waals surface area contributed by atoms with E-state index < -0.39 is 0 Å². The standard InChI is InChI=1S/C18H22N2O5/c1-11-18(22)14(13(10-21)8-20-11)9-19-7-12-5-16(24-3)17(25-4)6-15(12)23-2/h5-6,8-9,21-22H,7,10H2,1-4H3. The van der Waals surface area contributed by atoms with Crippen LogP contribution in [0.4, 0.5) is 0 Å². The summed E-state index contributed by atoms with van der Waals surface area (Å²) in [5, 5.41) is 19.5. The second-order valence-corrected chi connectivity index (χ2v) is 5.28. The van der Waals surface area contributed by atoms with E-state index in [0.29, 0.717) is 40.6 Å². The van der Waals surface area contributed by atoms with Crippen LogP contribution in [-0.4, -0.2) is 42.7 Å². The lowest BCUT2D eigenvalue weighted by Gasteiger charge is -2.13. The summed E-state index contributed by atoms with van der Waals surface area (Å²) in [5.41, 5.74) is 2.23. The minimum absolute atomic E-state index is 0.00887. The van der Waals surface area contributed by atoms with Crippen LogP contribution in [0.25, 0.3) is 0 Å². The van der Waals surface area contributed by atoms with E-state index in [4.69, 9.17) is 14.2 Å². The molecule has 0 saturated heterocycles. The van der Waals surface area contributed by atoms with Gasteiger partial charge in [-0.15, -0.1) is 0 Å². The molecular formula is C18H22N2O5. The molecule has 2 aromatic rings. The number of ether oxygens (including phenoxy) is 3. The number of aryl methyl sites for hydroxylation is 1. The van der Waals surface area contributed by atoms with Gasteiger partial charge < -0.3 is 24.4 Å². The molecule has 134 valence electrons. The quantitative estimate of drug-likeness (QED) is 0.747. The molecule has 0 aliphatic carbocycles. The number of rotatable bonds is 7. The fourth-order valence-electron chi connectivity index (χ4n) is 2.37. The van der Waals surface area contributed by atoms with Crippen LogP contribution < -0.4 is 14.2 Å². The zero-order chi connectivity index (χ0) is 18.4. The number of aromatic nitrogens is 1. The maximum Gasteiger partial charge on any atom is 0.164 e. The SMILES string of the molecule is COc1cc(OC)c(OC)cc1CN=Cc1c(CO)cnc(C)c1O. The van der Waals surface area contributed by atoms with Crippen LogP contribution in [0.5, 0.6) is 23.0 Å². The summed E-state index contributed by atoms with van der Waals surface area (Å²) >= 11 is 0. The highest BCUT2D eigenvalue weighted by molar-refractivity contribution is 5.85. The van der Waals surface area contributed by atoms with Crippen LogP contribution in [0, 0.1) is 6.92 Å². The normalized spacial score (nSPS) is 10.9. The molecule has 1 aromatic carbocycles. The van der Waals surface area contributed by atoms with E-state index in [9.17, 15) is 10.2 Å². The van der Waals surface area contributed by atoms with Gasteiger partial charge in [-0.2, -0.15) is 0 Å². The molecule has 2 rings (SSSR count). The summed E-state index contributed by atoms with van der Waals surface area (Å²) in [6.07, 6.45) is 3.04. The predicted molar refractivity (Wildman–Crippen MR) is 94.0 cm³/mol. The number of hydrogen-bond donors (Lipinski definition) is 2. The van der Waals surface area contributed by atoms with Crippen molar-refractivity contribution in [3.05, 3.63) is 40.7 Å². The first-order chi connectivity index (χ1) is 12.0. The molecule has 0 atom stereocenters. The maximum atomic E-state index is 10.1. The maximum absolute atomic E-state index is 10.1. The Morgan fingerprint density at radius 3 is 2.28 bits per heavy atom. The lowest BCUT2D eigenvalue weighted by Crippen LogP contribution is -1.99. The molecule has 0 aliphatic heterocycles. The van der Waals surface area contributed by atoms with Crippen molar-refractivity contribution in [2.75, 3.05) is 21.3 Å². The summed E-state index contributed by atoms with van der Waals surface area (Å²) in [7, 11) is 4.68. The molecule has 2 N–H and O–H groups in total. The first-order valence-electron chi connectivity index (χ1n) is 7.62. The fraction of sp³-hybridized carbons (Fsp3) is 0.333. The third-order valence-electron chi connectivity index (χ3n) is 3.80. The second-order valence-electron chi connectivity index (χ2n) is 5.28. The molecule has 1 heterocycles. The molecule has 7 nitrogen and oxygen atoms in total. The van der Waals surface area contributed by atoms with Gasteiger partial charge >= 0.3 is 0 Å². The predicted octanol–water partition coefficient (Wildman–Crippen LogP) is 2.23. The van der Waals surface area contributed by atoms with Crippen molar-refractivity contribution in [1.29, 1.82) is 0 Å². The molecule has 0 spiro atoms. The number of aromatic hydroxyl groups is 1. The number of nitrogens with zero attached hydrogens (tertiary/aromatic N) is 2. The molecule has 1 aromatic heterocycles. The van der Waals surface area contributed by atoms with E-state index in [1.54, 1.807) is 40.4 Å². The Morgan fingerprint density at radius 2 is 1.68 bits per heavy atom. The molecule has 0 amide bonds. The van der Waals surface area contributed by atoms with Crippen molar-refractivity contribution in [3.8, 4) is 23.0 Å². The molecule has 0 aliphatic rings. The van der Waals surface area contributed by atoms with Gasteiger partial charge in [0, 0.05) is 35.2 Å².